The van der Waals surface area contributed by atoms with E-state index in [-0.39, 0.29) is 22.3 Å². The van der Waals surface area contributed by atoms with Crippen LogP contribution in [0.3, 0.4) is 0 Å². The maximum atomic E-state index is 14.6. The third-order valence-corrected chi connectivity index (χ3v) is 6.93. The lowest BCUT2D eigenvalue weighted by Gasteiger charge is -2.34. The zero-order valence-corrected chi connectivity index (χ0v) is 17.0. The van der Waals surface area contributed by atoms with Crippen LogP contribution in [0.2, 0.25) is 0 Å². The number of aromatic nitrogens is 1. The van der Waals surface area contributed by atoms with Gasteiger partial charge in [-0.05, 0) is 36.5 Å². The van der Waals surface area contributed by atoms with Gasteiger partial charge in [-0.25, -0.2) is 8.78 Å². The molecule has 4 rings (SSSR count). The van der Waals surface area contributed by atoms with E-state index in [9.17, 15) is 13.6 Å². The Kier molecular flexibility index (Phi) is 5.36. The lowest BCUT2D eigenvalue weighted by atomic mass is 10.1. The molecule has 0 radical (unpaired) electrons. The van der Waals surface area contributed by atoms with Crippen molar-refractivity contribution in [2.24, 2.45) is 17.2 Å². The predicted molar refractivity (Wildman–Crippen MR) is 111 cm³/mol. The molecule has 154 valence electrons. The van der Waals surface area contributed by atoms with E-state index >= 15 is 0 Å². The summed E-state index contributed by atoms with van der Waals surface area (Å²) >= 11 is 2.21. The molecule has 2 aliphatic rings. The number of amides is 1. The summed E-state index contributed by atoms with van der Waals surface area (Å²) in [4.78, 5) is 15.8. The van der Waals surface area contributed by atoms with E-state index in [2.05, 4.69) is 9.27 Å². The Morgan fingerprint density at radius 1 is 1.28 bits per heavy atom. The van der Waals surface area contributed by atoms with Crippen molar-refractivity contribution in [3.63, 3.8) is 0 Å². The number of nitrogens with zero attached hydrogens (tertiary/aromatic N) is 3. The van der Waals surface area contributed by atoms with Crippen molar-refractivity contribution >= 4 is 39.9 Å². The van der Waals surface area contributed by atoms with Crippen molar-refractivity contribution in [1.82, 2.24) is 4.37 Å². The number of anilines is 2. The molecule has 0 spiro atoms. The number of primary amides is 1. The van der Waals surface area contributed by atoms with Gasteiger partial charge >= 0.3 is 0 Å². The summed E-state index contributed by atoms with van der Waals surface area (Å²) in [7, 11) is 0. The number of piperidine rings is 1. The molecule has 2 aliphatic heterocycles. The monoisotopic (exact) mass is 438 g/mol. The fourth-order valence-corrected chi connectivity index (χ4v) is 5.69. The Balaban J connectivity index is 1.82. The number of thioether (sulfide) groups is 1. The second-order valence-corrected chi connectivity index (χ2v) is 8.82. The second kappa shape index (κ2) is 7.81. The summed E-state index contributed by atoms with van der Waals surface area (Å²) in [5, 5.41) is -0.0547. The smallest absolute Gasteiger partial charge is 0.268 e. The first-order valence-electron chi connectivity index (χ1n) is 9.03. The van der Waals surface area contributed by atoms with Crippen LogP contribution in [0.1, 0.15) is 23.8 Å². The van der Waals surface area contributed by atoms with Gasteiger partial charge in [0.1, 0.15) is 27.7 Å². The van der Waals surface area contributed by atoms with Gasteiger partial charge in [0.25, 0.3) is 5.91 Å². The second-order valence-electron chi connectivity index (χ2n) is 6.92. The third-order valence-electron chi connectivity index (χ3n) is 4.97. The van der Waals surface area contributed by atoms with E-state index in [1.165, 1.54) is 34.6 Å². The molecule has 2 atom stereocenters. The molecule has 0 saturated carbocycles. The minimum atomic E-state index is -0.924. The molecule has 2 unspecified atom stereocenters. The average Bonchev–Trinajstić information content (AvgIpc) is 3.25. The molecular formula is C18H20F2N6OS2. The van der Waals surface area contributed by atoms with Crippen molar-refractivity contribution in [3.8, 4) is 0 Å². The van der Waals surface area contributed by atoms with Crippen LogP contribution in [0.15, 0.2) is 35.1 Å². The topological polar surface area (TPSA) is 114 Å². The third kappa shape index (κ3) is 3.53. The van der Waals surface area contributed by atoms with Gasteiger partial charge < -0.3 is 27.0 Å². The minimum Gasteiger partial charge on any atom is -0.392 e. The number of benzene rings is 1. The van der Waals surface area contributed by atoms with Gasteiger partial charge in [0.15, 0.2) is 0 Å². The van der Waals surface area contributed by atoms with Gasteiger partial charge in [-0.15, -0.1) is 0 Å². The molecule has 1 saturated heterocycles. The summed E-state index contributed by atoms with van der Waals surface area (Å²) in [5.41, 5.74) is 18.1. The number of carbonyl (C=O) groups is 1. The summed E-state index contributed by atoms with van der Waals surface area (Å²) in [6, 6.07) is 3.65. The van der Waals surface area contributed by atoms with Crippen LogP contribution < -0.4 is 27.0 Å². The van der Waals surface area contributed by atoms with Crippen LogP contribution in [0.4, 0.5) is 19.5 Å². The number of hydrogen-bond donors (Lipinski definition) is 3. The quantitative estimate of drug-likeness (QED) is 0.670. The van der Waals surface area contributed by atoms with Crippen molar-refractivity contribution in [2.75, 3.05) is 22.9 Å². The van der Waals surface area contributed by atoms with Gasteiger partial charge in [0.2, 0.25) is 0 Å². The summed E-state index contributed by atoms with van der Waals surface area (Å²) in [6.45, 7) is 1.40. The number of rotatable bonds is 4. The van der Waals surface area contributed by atoms with E-state index in [0.29, 0.717) is 12.2 Å². The minimum absolute atomic E-state index is 0.00501. The Morgan fingerprint density at radius 2 is 2.00 bits per heavy atom. The Morgan fingerprint density at radius 3 is 2.66 bits per heavy atom. The highest BCUT2D eigenvalue weighted by Gasteiger charge is 2.41. The molecule has 1 aromatic carbocycles. The molecule has 11 heteroatoms. The van der Waals surface area contributed by atoms with Gasteiger partial charge in [0.05, 0.1) is 22.5 Å². The molecule has 1 amide bonds. The summed E-state index contributed by atoms with van der Waals surface area (Å²) < 4.78 is 33.4. The molecule has 7 nitrogen and oxygen atoms in total. The average molecular weight is 439 g/mol. The molecule has 6 N–H and O–H groups in total. The lowest BCUT2D eigenvalue weighted by molar-refractivity contribution is -0.114. The van der Waals surface area contributed by atoms with Crippen LogP contribution >= 0.6 is 23.3 Å². The molecule has 1 aromatic heterocycles. The normalized spacial score (nSPS) is 22.4. The van der Waals surface area contributed by atoms with Gasteiger partial charge in [-0.3, -0.25) is 4.79 Å². The van der Waals surface area contributed by atoms with Crippen molar-refractivity contribution in [1.29, 1.82) is 0 Å². The van der Waals surface area contributed by atoms with Crippen LogP contribution in [0.25, 0.3) is 0 Å². The maximum Gasteiger partial charge on any atom is 0.268 e. The largest absolute Gasteiger partial charge is 0.392 e. The molecule has 0 aliphatic carbocycles. The number of nitrogens with two attached hydrogens (primary N) is 3. The summed E-state index contributed by atoms with van der Waals surface area (Å²) in [6.07, 6.45) is 3.40. The van der Waals surface area contributed by atoms with Gasteiger partial charge in [-0.2, -0.15) is 4.37 Å². The standard InChI is InChI=1S/C18H20F2N6OS2/c19-10-4-1-5-11(20)13(10)18-26(14(15(22)27)16(23)28-18)12-7-24-29-17(12)25-6-2-3-9(21)8-25/h1,4-5,7,9,18H,2-3,6,8,21,23H2,(H2,22,27). The SMILES string of the molecule is NC(=O)C1=C(N)SC(c2c(F)cccc2F)N1c1cnsc1N1CCCC(N)C1. The van der Waals surface area contributed by atoms with Crippen LogP contribution in [-0.2, 0) is 4.79 Å². The van der Waals surface area contributed by atoms with Crippen molar-refractivity contribution < 1.29 is 13.6 Å². The van der Waals surface area contributed by atoms with Crippen LogP contribution in [-0.4, -0.2) is 29.4 Å². The maximum absolute atomic E-state index is 14.6. The van der Waals surface area contributed by atoms with Gasteiger partial charge in [-0.1, -0.05) is 17.8 Å². The fraction of sp³-hybridized carbons (Fsp3) is 0.333. The lowest BCUT2D eigenvalue weighted by Crippen LogP contribution is -2.43. The van der Waals surface area contributed by atoms with Crippen LogP contribution in [0.5, 0.6) is 0 Å². The van der Waals surface area contributed by atoms with E-state index in [1.54, 1.807) is 6.20 Å². The Hall–Kier alpha value is -2.37. The zero-order chi connectivity index (χ0) is 20.7. The van der Waals surface area contributed by atoms with E-state index in [1.807, 2.05) is 0 Å². The van der Waals surface area contributed by atoms with E-state index < -0.39 is 22.9 Å². The molecular weight excluding hydrogens is 418 g/mol. The predicted octanol–water partition coefficient (Wildman–Crippen LogP) is 2.21. The first kappa shape index (κ1) is 19.9. The molecule has 1 fully saturated rings. The highest BCUT2D eigenvalue weighted by atomic mass is 32.2. The molecule has 2 aromatic rings. The highest BCUT2D eigenvalue weighted by molar-refractivity contribution is 8.03. The number of carbonyl (C=O) groups excluding carboxylic acids is 1. The fourth-order valence-electron chi connectivity index (χ4n) is 3.69. The first-order chi connectivity index (χ1) is 13.9. The van der Waals surface area contributed by atoms with Crippen LogP contribution in [0, 0.1) is 11.6 Å². The zero-order valence-electron chi connectivity index (χ0n) is 15.3. The number of hydrogen-bond acceptors (Lipinski definition) is 8. The van der Waals surface area contributed by atoms with E-state index in [0.717, 1.165) is 36.1 Å². The number of halogens is 2. The van der Waals surface area contributed by atoms with Crippen molar-refractivity contribution in [3.05, 3.63) is 52.3 Å². The van der Waals surface area contributed by atoms with Gasteiger partial charge in [0, 0.05) is 19.1 Å². The molecule has 0 bridgehead atoms. The molecule has 3 heterocycles. The Bertz CT molecular complexity index is 961. The first-order valence-corrected chi connectivity index (χ1v) is 10.7. The van der Waals surface area contributed by atoms with Crippen molar-refractivity contribution in [2.45, 2.75) is 24.3 Å². The highest BCUT2D eigenvalue weighted by Crippen LogP contribution is 2.52. The van der Waals surface area contributed by atoms with E-state index in [4.69, 9.17) is 17.2 Å². The summed E-state index contributed by atoms with van der Waals surface area (Å²) in [5.74, 6) is -2.23. The molecule has 29 heavy (non-hydrogen) atoms. The Labute approximate surface area is 174 Å².